The van der Waals surface area contributed by atoms with Gasteiger partial charge in [-0.05, 0) is 24.0 Å². The average Bonchev–Trinajstić information content (AvgIpc) is 3.06. The van der Waals surface area contributed by atoms with Gasteiger partial charge in [0.05, 0.1) is 17.8 Å². The zero-order valence-electron chi connectivity index (χ0n) is 14.4. The van der Waals surface area contributed by atoms with Gasteiger partial charge < -0.3 is 4.98 Å². The van der Waals surface area contributed by atoms with Crippen molar-refractivity contribution in [3.05, 3.63) is 36.3 Å². The van der Waals surface area contributed by atoms with Crippen molar-refractivity contribution in [3.63, 3.8) is 0 Å². The molecule has 0 amide bonds. The summed E-state index contributed by atoms with van der Waals surface area (Å²) >= 11 is 0. The minimum atomic E-state index is -3.55. The highest BCUT2D eigenvalue weighted by Crippen LogP contribution is 2.38. The summed E-state index contributed by atoms with van der Waals surface area (Å²) in [5.74, 6) is -0.137. The van der Waals surface area contributed by atoms with E-state index in [4.69, 9.17) is 5.26 Å². The summed E-state index contributed by atoms with van der Waals surface area (Å²) in [7, 11) is -3.55. The number of nitriles is 1. The van der Waals surface area contributed by atoms with Crippen molar-refractivity contribution in [3.8, 4) is 6.07 Å². The summed E-state index contributed by atoms with van der Waals surface area (Å²) < 4.78 is 26.2. The summed E-state index contributed by atoms with van der Waals surface area (Å²) in [6, 6.07) is 5.73. The number of H-pyrrole nitrogens is 1. The van der Waals surface area contributed by atoms with Crippen LogP contribution in [-0.4, -0.2) is 46.5 Å². The Morgan fingerprint density at radius 3 is 3.00 bits per heavy atom. The smallest absolute Gasteiger partial charge is 0.227 e. The third-order valence-electron chi connectivity index (χ3n) is 5.27. The van der Waals surface area contributed by atoms with Crippen molar-refractivity contribution < 1.29 is 8.42 Å². The molecule has 0 spiro atoms. The molecular formula is C18H19N5O2S. The average molecular weight is 369 g/mol. The maximum absolute atomic E-state index is 12.4. The van der Waals surface area contributed by atoms with Crippen LogP contribution in [0.5, 0.6) is 0 Å². The van der Waals surface area contributed by atoms with Crippen molar-refractivity contribution in [2.24, 2.45) is 5.92 Å². The lowest BCUT2D eigenvalue weighted by Crippen LogP contribution is -2.42. The van der Waals surface area contributed by atoms with Gasteiger partial charge in [0.2, 0.25) is 10.0 Å². The van der Waals surface area contributed by atoms with Crippen LogP contribution in [0.25, 0.3) is 21.9 Å². The van der Waals surface area contributed by atoms with Crippen LogP contribution in [0, 0.1) is 17.2 Å². The van der Waals surface area contributed by atoms with Crippen molar-refractivity contribution in [1.29, 1.82) is 5.26 Å². The lowest BCUT2D eigenvalue weighted by molar-refractivity contribution is 0.253. The molecule has 0 bridgehead atoms. The molecule has 8 heteroatoms. The standard InChI is InChI=1S/C18H19N5O2S/c1-12-4-7-23(26(24,25)8-5-19)11-15(12)14-9-21-18-17(14)13-3-2-6-20-16(13)10-22-18/h2-3,6,9-10,12,15,20H,4,7-8,11H2,1H3. The van der Waals surface area contributed by atoms with Crippen molar-refractivity contribution in [2.45, 2.75) is 19.3 Å². The fourth-order valence-corrected chi connectivity index (χ4v) is 4.93. The van der Waals surface area contributed by atoms with Gasteiger partial charge in [0.1, 0.15) is 0 Å². The van der Waals surface area contributed by atoms with Gasteiger partial charge in [-0.15, -0.1) is 0 Å². The fourth-order valence-electron chi connectivity index (χ4n) is 3.81. The van der Waals surface area contributed by atoms with E-state index in [1.165, 1.54) is 4.31 Å². The molecule has 1 N–H and O–H groups in total. The van der Waals surface area contributed by atoms with Gasteiger partial charge in [0.15, 0.2) is 11.4 Å². The molecule has 0 saturated carbocycles. The first-order valence-corrected chi connectivity index (χ1v) is 10.2. The van der Waals surface area contributed by atoms with E-state index < -0.39 is 15.8 Å². The molecule has 134 valence electrons. The number of nitrogens with one attached hydrogen (secondary N) is 1. The quantitative estimate of drug-likeness (QED) is 0.763. The molecule has 2 atom stereocenters. The third kappa shape index (κ3) is 2.73. The summed E-state index contributed by atoms with van der Waals surface area (Å²) in [6.45, 7) is 2.97. The number of aromatic amines is 1. The van der Waals surface area contributed by atoms with E-state index in [-0.39, 0.29) is 5.92 Å². The molecule has 3 aromatic rings. The lowest BCUT2D eigenvalue weighted by Gasteiger charge is -2.36. The zero-order chi connectivity index (χ0) is 18.3. The molecule has 1 aliphatic rings. The van der Waals surface area contributed by atoms with E-state index in [0.29, 0.717) is 24.7 Å². The molecule has 1 saturated heterocycles. The van der Waals surface area contributed by atoms with Crippen LogP contribution < -0.4 is 0 Å². The Morgan fingerprint density at radius 1 is 1.38 bits per heavy atom. The molecule has 2 unspecified atom stereocenters. The summed E-state index contributed by atoms with van der Waals surface area (Å²) in [4.78, 5) is 12.1. The van der Waals surface area contributed by atoms with Crippen LogP contribution in [-0.2, 0) is 10.0 Å². The maximum Gasteiger partial charge on any atom is 0.227 e. The van der Waals surface area contributed by atoms with Gasteiger partial charge in [-0.3, -0.25) is 0 Å². The van der Waals surface area contributed by atoms with Crippen molar-refractivity contribution >= 4 is 32.0 Å². The number of hydrogen-bond acceptors (Lipinski definition) is 5. The van der Waals surface area contributed by atoms with Gasteiger partial charge in [0, 0.05) is 42.2 Å². The topological polar surface area (TPSA) is 103 Å². The number of fused-ring (bicyclic) bond motifs is 3. The Hall–Kier alpha value is -2.50. The minimum absolute atomic E-state index is 0.0230. The normalized spacial score (nSPS) is 21.8. The van der Waals surface area contributed by atoms with Gasteiger partial charge in [-0.2, -0.15) is 5.26 Å². The number of aromatic nitrogens is 3. The molecule has 4 heterocycles. The summed E-state index contributed by atoms with van der Waals surface area (Å²) in [6.07, 6.45) is 6.20. The number of piperidine rings is 1. The lowest BCUT2D eigenvalue weighted by atomic mass is 9.82. The molecule has 0 aromatic carbocycles. The van der Waals surface area contributed by atoms with E-state index >= 15 is 0 Å². The van der Waals surface area contributed by atoms with Crippen LogP contribution in [0.3, 0.4) is 0 Å². The molecule has 26 heavy (non-hydrogen) atoms. The molecular weight excluding hydrogens is 350 g/mol. The number of hydrogen-bond donors (Lipinski definition) is 1. The van der Waals surface area contributed by atoms with Crippen LogP contribution in [0.2, 0.25) is 0 Å². The first kappa shape index (κ1) is 16.9. The Balaban J connectivity index is 1.81. The first-order chi connectivity index (χ1) is 12.5. The van der Waals surface area contributed by atoms with E-state index in [0.717, 1.165) is 28.3 Å². The number of nitrogens with zero attached hydrogens (tertiary/aromatic N) is 4. The van der Waals surface area contributed by atoms with Crippen LogP contribution in [0.15, 0.2) is 30.7 Å². The molecule has 0 aliphatic carbocycles. The van der Waals surface area contributed by atoms with E-state index in [2.05, 4.69) is 21.9 Å². The SMILES string of the molecule is CC1CCN(S(=O)(=O)CC#N)CC1c1cnc2ncc3[nH]cccc3c12. The Morgan fingerprint density at radius 2 is 2.19 bits per heavy atom. The van der Waals surface area contributed by atoms with Gasteiger partial charge in [0.25, 0.3) is 0 Å². The summed E-state index contributed by atoms with van der Waals surface area (Å²) in [5, 5.41) is 10.8. The maximum atomic E-state index is 12.4. The molecule has 0 radical (unpaired) electrons. The molecule has 4 rings (SSSR count). The van der Waals surface area contributed by atoms with Crippen LogP contribution in [0.1, 0.15) is 24.8 Å². The molecule has 7 nitrogen and oxygen atoms in total. The van der Waals surface area contributed by atoms with Crippen molar-refractivity contribution in [2.75, 3.05) is 18.8 Å². The van der Waals surface area contributed by atoms with Crippen LogP contribution in [0.4, 0.5) is 0 Å². The predicted molar refractivity (Wildman–Crippen MR) is 98.9 cm³/mol. The number of rotatable bonds is 3. The molecule has 1 aliphatic heterocycles. The van der Waals surface area contributed by atoms with Crippen LogP contribution >= 0.6 is 0 Å². The highest BCUT2D eigenvalue weighted by Gasteiger charge is 2.35. The highest BCUT2D eigenvalue weighted by atomic mass is 32.2. The molecule has 3 aromatic heterocycles. The fraction of sp³-hybridized carbons (Fsp3) is 0.389. The second-order valence-corrected chi connectivity index (χ2v) is 8.78. The van der Waals surface area contributed by atoms with Gasteiger partial charge >= 0.3 is 0 Å². The number of sulfonamides is 1. The molecule has 1 fully saturated rings. The van der Waals surface area contributed by atoms with E-state index in [9.17, 15) is 8.42 Å². The Labute approximate surface area is 151 Å². The third-order valence-corrected chi connectivity index (χ3v) is 6.88. The predicted octanol–water partition coefficient (Wildman–Crippen LogP) is 2.39. The zero-order valence-corrected chi connectivity index (χ0v) is 15.2. The second kappa shape index (κ2) is 6.34. The van der Waals surface area contributed by atoms with Crippen molar-refractivity contribution in [1.82, 2.24) is 19.3 Å². The Kier molecular flexibility index (Phi) is 4.13. The van der Waals surface area contributed by atoms with E-state index in [1.54, 1.807) is 12.3 Å². The van der Waals surface area contributed by atoms with Gasteiger partial charge in [-0.25, -0.2) is 22.7 Å². The highest BCUT2D eigenvalue weighted by molar-refractivity contribution is 7.89. The summed E-state index contributed by atoms with van der Waals surface area (Å²) in [5.41, 5.74) is 2.63. The van der Waals surface area contributed by atoms with E-state index in [1.807, 2.05) is 24.5 Å². The van der Waals surface area contributed by atoms with Gasteiger partial charge in [-0.1, -0.05) is 13.0 Å². The Bertz CT molecular complexity index is 1120. The first-order valence-electron chi connectivity index (χ1n) is 8.57. The number of pyridine rings is 2. The largest absolute Gasteiger partial charge is 0.360 e. The monoisotopic (exact) mass is 369 g/mol. The second-order valence-electron chi connectivity index (χ2n) is 6.81. The minimum Gasteiger partial charge on any atom is -0.360 e.